The van der Waals surface area contributed by atoms with E-state index in [9.17, 15) is 4.39 Å². The molecule has 1 fully saturated rings. The Hall–Kier alpha value is -2.33. The Morgan fingerprint density at radius 2 is 1.96 bits per heavy atom. The third kappa shape index (κ3) is 3.15. The van der Waals surface area contributed by atoms with Crippen LogP contribution in [0.25, 0.3) is 10.9 Å². The topological polar surface area (TPSA) is 28.3 Å². The average Bonchev–Trinajstić information content (AvgIpc) is 3.22. The van der Waals surface area contributed by atoms with Crippen LogP contribution in [0.5, 0.6) is 5.75 Å². The van der Waals surface area contributed by atoms with Crippen molar-refractivity contribution in [3.63, 3.8) is 0 Å². The summed E-state index contributed by atoms with van der Waals surface area (Å²) >= 11 is 0. The summed E-state index contributed by atoms with van der Waals surface area (Å²) in [5.74, 6) is 0.0794. The predicted octanol–water partition coefficient (Wildman–Crippen LogP) is 4.00. The monoisotopic (exact) mass is 324 g/mol. The van der Waals surface area contributed by atoms with Crippen molar-refractivity contribution in [2.75, 3.05) is 19.6 Å². The first kappa shape index (κ1) is 15.2. The van der Waals surface area contributed by atoms with Crippen molar-refractivity contribution >= 4 is 10.9 Å². The fraction of sp³-hybridized carbons (Fsp3) is 0.300. The van der Waals surface area contributed by atoms with Crippen molar-refractivity contribution in [1.82, 2.24) is 9.88 Å². The van der Waals surface area contributed by atoms with Gasteiger partial charge in [0.1, 0.15) is 6.10 Å². The molecule has 1 atom stereocenters. The molecule has 0 saturated carbocycles. The van der Waals surface area contributed by atoms with Crippen LogP contribution in [-0.4, -0.2) is 35.6 Å². The Labute approximate surface area is 141 Å². The van der Waals surface area contributed by atoms with Gasteiger partial charge in [0.2, 0.25) is 0 Å². The lowest BCUT2D eigenvalue weighted by Gasteiger charge is -2.17. The summed E-state index contributed by atoms with van der Waals surface area (Å²) in [5, 5.41) is 1.30. The van der Waals surface area contributed by atoms with Gasteiger partial charge in [-0.1, -0.05) is 30.3 Å². The van der Waals surface area contributed by atoms with Gasteiger partial charge in [0.25, 0.3) is 0 Å². The summed E-state index contributed by atoms with van der Waals surface area (Å²) in [6.45, 7) is 2.86. The van der Waals surface area contributed by atoms with Gasteiger partial charge in [-0.2, -0.15) is 0 Å². The van der Waals surface area contributed by atoms with Gasteiger partial charge in [-0.15, -0.1) is 0 Å². The van der Waals surface area contributed by atoms with Crippen molar-refractivity contribution < 1.29 is 9.13 Å². The van der Waals surface area contributed by atoms with Crippen molar-refractivity contribution in [1.29, 1.82) is 0 Å². The normalized spacial score (nSPS) is 18.3. The number of halogens is 1. The summed E-state index contributed by atoms with van der Waals surface area (Å²) in [6.07, 6.45) is 4.14. The zero-order chi connectivity index (χ0) is 16.4. The number of nitrogens with zero attached hydrogens (tertiary/aromatic N) is 1. The maximum absolute atomic E-state index is 13.7. The lowest BCUT2D eigenvalue weighted by atomic mass is 10.1. The molecule has 1 aliphatic rings. The third-order valence-electron chi connectivity index (χ3n) is 4.73. The van der Waals surface area contributed by atoms with Crippen LogP contribution in [0.2, 0.25) is 0 Å². The van der Waals surface area contributed by atoms with E-state index in [-0.39, 0.29) is 11.9 Å². The standard InChI is InChI=1S/C20H21FN2O/c21-18-6-2-4-8-20(18)24-16-10-12-23(14-16)11-9-15-13-22-19-7-3-1-5-17(15)19/h1-8,13,16,22H,9-12,14H2. The van der Waals surface area contributed by atoms with Gasteiger partial charge in [-0.05, 0) is 36.6 Å². The van der Waals surface area contributed by atoms with Gasteiger partial charge in [0.05, 0.1) is 0 Å². The number of aromatic amines is 1. The number of H-pyrrole nitrogens is 1. The molecule has 0 aliphatic carbocycles. The highest BCUT2D eigenvalue weighted by molar-refractivity contribution is 5.83. The van der Waals surface area contributed by atoms with Crippen LogP contribution in [0, 0.1) is 5.82 Å². The van der Waals surface area contributed by atoms with E-state index < -0.39 is 0 Å². The molecule has 3 aromatic rings. The van der Waals surface area contributed by atoms with Crippen molar-refractivity contribution in [3.8, 4) is 5.75 Å². The smallest absolute Gasteiger partial charge is 0.165 e. The van der Waals surface area contributed by atoms with Gasteiger partial charge < -0.3 is 9.72 Å². The number of rotatable bonds is 5. The van der Waals surface area contributed by atoms with Crippen LogP contribution >= 0.6 is 0 Å². The second-order valence-electron chi connectivity index (χ2n) is 6.37. The number of fused-ring (bicyclic) bond motifs is 1. The van der Waals surface area contributed by atoms with Gasteiger partial charge >= 0.3 is 0 Å². The molecular weight excluding hydrogens is 303 g/mol. The number of hydrogen-bond donors (Lipinski definition) is 1. The zero-order valence-corrected chi connectivity index (χ0v) is 13.5. The Bertz CT molecular complexity index is 829. The lowest BCUT2D eigenvalue weighted by Crippen LogP contribution is -2.27. The Balaban J connectivity index is 1.33. The highest BCUT2D eigenvalue weighted by Crippen LogP contribution is 2.22. The molecule has 1 aliphatic heterocycles. The molecule has 2 aromatic carbocycles. The van der Waals surface area contributed by atoms with Gasteiger partial charge in [0, 0.05) is 36.7 Å². The highest BCUT2D eigenvalue weighted by atomic mass is 19.1. The molecule has 1 aromatic heterocycles. The highest BCUT2D eigenvalue weighted by Gasteiger charge is 2.24. The SMILES string of the molecule is Fc1ccccc1OC1CCN(CCc2c[nH]c3ccccc23)C1. The second kappa shape index (κ2) is 6.65. The molecule has 1 unspecified atom stereocenters. The Kier molecular flexibility index (Phi) is 4.22. The van der Waals surface area contributed by atoms with Crippen LogP contribution in [0.4, 0.5) is 4.39 Å². The Morgan fingerprint density at radius 1 is 1.12 bits per heavy atom. The number of ether oxygens (including phenoxy) is 1. The first-order valence-electron chi connectivity index (χ1n) is 8.48. The van der Waals surface area contributed by atoms with Crippen molar-refractivity contribution in [3.05, 3.63) is 66.1 Å². The molecular formula is C20H21FN2O. The first-order chi connectivity index (χ1) is 11.8. The second-order valence-corrected chi connectivity index (χ2v) is 6.37. The summed E-state index contributed by atoms with van der Waals surface area (Å²) in [6, 6.07) is 15.0. The van der Waals surface area contributed by atoms with Crippen LogP contribution in [0.3, 0.4) is 0 Å². The molecule has 0 amide bonds. The number of para-hydroxylation sites is 2. The summed E-state index contributed by atoms with van der Waals surface area (Å²) in [4.78, 5) is 5.72. The van der Waals surface area contributed by atoms with E-state index >= 15 is 0 Å². The van der Waals surface area contributed by atoms with E-state index in [0.29, 0.717) is 5.75 Å². The van der Waals surface area contributed by atoms with E-state index in [4.69, 9.17) is 4.74 Å². The molecule has 0 bridgehead atoms. The minimum Gasteiger partial charge on any atom is -0.486 e. The van der Waals surface area contributed by atoms with Gasteiger partial charge in [-0.3, -0.25) is 4.90 Å². The number of nitrogens with one attached hydrogen (secondary N) is 1. The number of likely N-dealkylation sites (tertiary alicyclic amines) is 1. The minimum absolute atomic E-state index is 0.0740. The average molecular weight is 324 g/mol. The van der Waals surface area contributed by atoms with Gasteiger partial charge in [0.15, 0.2) is 11.6 Å². The number of benzene rings is 2. The minimum atomic E-state index is -0.283. The molecule has 24 heavy (non-hydrogen) atoms. The van der Waals surface area contributed by atoms with E-state index in [1.54, 1.807) is 12.1 Å². The molecule has 124 valence electrons. The molecule has 2 heterocycles. The maximum Gasteiger partial charge on any atom is 0.165 e. The molecule has 4 heteroatoms. The molecule has 0 spiro atoms. The fourth-order valence-corrected chi connectivity index (χ4v) is 3.43. The van der Waals surface area contributed by atoms with E-state index in [2.05, 4.69) is 34.3 Å². The first-order valence-corrected chi connectivity index (χ1v) is 8.48. The van der Waals surface area contributed by atoms with Crippen molar-refractivity contribution in [2.45, 2.75) is 18.9 Å². The van der Waals surface area contributed by atoms with E-state index in [1.165, 1.54) is 22.5 Å². The van der Waals surface area contributed by atoms with Crippen molar-refractivity contribution in [2.24, 2.45) is 0 Å². The molecule has 3 nitrogen and oxygen atoms in total. The fourth-order valence-electron chi connectivity index (χ4n) is 3.43. The molecule has 1 saturated heterocycles. The summed E-state index contributed by atoms with van der Waals surface area (Å²) < 4.78 is 19.5. The Morgan fingerprint density at radius 3 is 2.88 bits per heavy atom. The van der Waals surface area contributed by atoms with E-state index in [0.717, 1.165) is 32.5 Å². The molecule has 4 rings (SSSR count). The molecule has 1 N–H and O–H groups in total. The number of aromatic nitrogens is 1. The summed E-state index contributed by atoms with van der Waals surface area (Å²) in [5.41, 5.74) is 2.54. The van der Waals surface area contributed by atoms with Crippen LogP contribution < -0.4 is 4.74 Å². The number of hydrogen-bond acceptors (Lipinski definition) is 2. The van der Waals surface area contributed by atoms with Crippen LogP contribution in [0.15, 0.2) is 54.7 Å². The predicted molar refractivity (Wildman–Crippen MR) is 93.9 cm³/mol. The van der Waals surface area contributed by atoms with E-state index in [1.807, 2.05) is 12.1 Å². The largest absolute Gasteiger partial charge is 0.486 e. The lowest BCUT2D eigenvalue weighted by molar-refractivity contribution is 0.193. The van der Waals surface area contributed by atoms with Crippen LogP contribution in [-0.2, 0) is 6.42 Å². The van der Waals surface area contributed by atoms with Gasteiger partial charge in [-0.25, -0.2) is 4.39 Å². The summed E-state index contributed by atoms with van der Waals surface area (Å²) in [7, 11) is 0. The quantitative estimate of drug-likeness (QED) is 0.768. The van der Waals surface area contributed by atoms with Crippen LogP contribution in [0.1, 0.15) is 12.0 Å². The maximum atomic E-state index is 13.7. The zero-order valence-electron chi connectivity index (χ0n) is 13.5. The molecule has 0 radical (unpaired) electrons. The third-order valence-corrected chi connectivity index (χ3v) is 4.73.